The van der Waals surface area contributed by atoms with E-state index in [-0.39, 0.29) is 5.78 Å². The van der Waals surface area contributed by atoms with E-state index in [1.807, 2.05) is 19.4 Å². The number of anilines is 1. The summed E-state index contributed by atoms with van der Waals surface area (Å²) in [4.78, 5) is 24.0. The summed E-state index contributed by atoms with van der Waals surface area (Å²) in [6.07, 6.45) is 6.25. The molecule has 5 nitrogen and oxygen atoms in total. The number of carbonyl (C=O) groups is 1. The smallest absolute Gasteiger partial charge is 0.225 e. The largest absolute Gasteiger partial charge is 0.337 e. The highest BCUT2D eigenvalue weighted by molar-refractivity contribution is 5.80. The third-order valence-electron chi connectivity index (χ3n) is 3.56. The maximum absolute atomic E-state index is 11.1. The summed E-state index contributed by atoms with van der Waals surface area (Å²) in [5, 5.41) is 0. The molecular formula is C14H22N4O. The Morgan fingerprint density at radius 3 is 2.74 bits per heavy atom. The minimum atomic E-state index is 0.115. The lowest BCUT2D eigenvalue weighted by Gasteiger charge is -2.29. The number of carbonyl (C=O) groups excluding carboxylic acids is 1. The van der Waals surface area contributed by atoms with Crippen molar-refractivity contribution in [3.8, 4) is 0 Å². The van der Waals surface area contributed by atoms with Crippen LogP contribution in [0.5, 0.6) is 0 Å². The highest BCUT2D eigenvalue weighted by Crippen LogP contribution is 2.25. The quantitative estimate of drug-likeness (QED) is 0.819. The molecule has 1 saturated heterocycles. The van der Waals surface area contributed by atoms with Gasteiger partial charge in [-0.25, -0.2) is 9.97 Å². The van der Waals surface area contributed by atoms with Crippen molar-refractivity contribution in [3.05, 3.63) is 18.0 Å². The Kier molecular flexibility index (Phi) is 4.47. The van der Waals surface area contributed by atoms with Crippen LogP contribution >= 0.6 is 0 Å². The second-order valence-electron chi connectivity index (χ2n) is 5.48. The lowest BCUT2D eigenvalue weighted by molar-refractivity contribution is -0.115. The van der Waals surface area contributed by atoms with Gasteiger partial charge in [0.05, 0.1) is 6.54 Å². The monoisotopic (exact) mass is 262 g/mol. The van der Waals surface area contributed by atoms with Gasteiger partial charge in [0.2, 0.25) is 5.95 Å². The highest BCUT2D eigenvalue weighted by Gasteiger charge is 2.19. The summed E-state index contributed by atoms with van der Waals surface area (Å²) >= 11 is 0. The van der Waals surface area contributed by atoms with Gasteiger partial charge in [-0.05, 0) is 44.8 Å². The molecule has 1 aromatic rings. The van der Waals surface area contributed by atoms with E-state index in [0.717, 1.165) is 6.54 Å². The van der Waals surface area contributed by atoms with Crippen LogP contribution < -0.4 is 4.90 Å². The molecule has 0 amide bonds. The van der Waals surface area contributed by atoms with Crippen LogP contribution in [0.15, 0.2) is 12.4 Å². The van der Waals surface area contributed by atoms with Crippen LogP contribution in [0.1, 0.15) is 31.2 Å². The fourth-order valence-electron chi connectivity index (χ4n) is 2.58. The van der Waals surface area contributed by atoms with Crippen molar-refractivity contribution in [2.24, 2.45) is 0 Å². The first-order valence-electron chi connectivity index (χ1n) is 6.77. The second-order valence-corrected chi connectivity index (χ2v) is 5.48. The van der Waals surface area contributed by atoms with Crippen LogP contribution in [0, 0.1) is 0 Å². The Labute approximate surface area is 114 Å². The van der Waals surface area contributed by atoms with Crippen molar-refractivity contribution in [1.82, 2.24) is 14.9 Å². The molecular weight excluding hydrogens is 240 g/mol. The molecule has 0 N–H and O–H groups in total. The number of nitrogens with zero attached hydrogens (tertiary/aromatic N) is 4. The van der Waals surface area contributed by atoms with Gasteiger partial charge in [-0.1, -0.05) is 0 Å². The summed E-state index contributed by atoms with van der Waals surface area (Å²) in [5.74, 6) is 1.26. The lowest BCUT2D eigenvalue weighted by Crippen LogP contribution is -2.31. The molecule has 0 spiro atoms. The standard InChI is InChI=1S/C14H22N4O/c1-11(19)9-18(3)14-15-7-13(8-16-14)12-5-4-6-17(2)10-12/h7-8,12H,4-6,9-10H2,1-3H3. The Hall–Kier alpha value is -1.49. The zero-order chi connectivity index (χ0) is 13.8. The molecule has 1 aromatic heterocycles. The number of rotatable bonds is 4. The average Bonchev–Trinajstić information content (AvgIpc) is 2.38. The maximum Gasteiger partial charge on any atom is 0.225 e. The number of hydrogen-bond acceptors (Lipinski definition) is 5. The maximum atomic E-state index is 11.1. The van der Waals surface area contributed by atoms with Crippen LogP contribution in [-0.2, 0) is 4.79 Å². The third-order valence-corrected chi connectivity index (χ3v) is 3.56. The first-order valence-corrected chi connectivity index (χ1v) is 6.77. The van der Waals surface area contributed by atoms with E-state index in [9.17, 15) is 4.79 Å². The predicted molar refractivity (Wildman–Crippen MR) is 75.5 cm³/mol. The predicted octanol–water partition coefficient (Wildman–Crippen LogP) is 1.31. The molecule has 0 aliphatic carbocycles. The molecule has 104 valence electrons. The Morgan fingerprint density at radius 1 is 1.47 bits per heavy atom. The van der Waals surface area contributed by atoms with Gasteiger partial charge in [0.1, 0.15) is 5.78 Å². The van der Waals surface area contributed by atoms with Gasteiger partial charge < -0.3 is 9.80 Å². The van der Waals surface area contributed by atoms with Gasteiger partial charge in [-0.3, -0.25) is 4.79 Å². The summed E-state index contributed by atoms with van der Waals surface area (Å²) in [6.45, 7) is 4.18. The topological polar surface area (TPSA) is 49.3 Å². The van der Waals surface area contributed by atoms with Crippen LogP contribution in [0.3, 0.4) is 0 Å². The molecule has 19 heavy (non-hydrogen) atoms. The fourth-order valence-corrected chi connectivity index (χ4v) is 2.58. The van der Waals surface area contributed by atoms with E-state index in [1.165, 1.54) is 24.9 Å². The van der Waals surface area contributed by atoms with Crippen LogP contribution in [0.25, 0.3) is 0 Å². The number of Topliss-reactive ketones (excluding diaryl/α,β-unsaturated/α-hetero) is 1. The molecule has 0 bridgehead atoms. The van der Waals surface area contributed by atoms with Crippen molar-refractivity contribution in [2.75, 3.05) is 38.6 Å². The Bertz CT molecular complexity index is 432. The van der Waals surface area contributed by atoms with Gasteiger partial charge >= 0.3 is 0 Å². The number of piperidine rings is 1. The molecule has 0 radical (unpaired) electrons. The Morgan fingerprint density at radius 2 is 2.16 bits per heavy atom. The number of ketones is 1. The van der Waals surface area contributed by atoms with Gasteiger partial charge in [0.15, 0.2) is 0 Å². The average molecular weight is 262 g/mol. The molecule has 0 saturated carbocycles. The molecule has 5 heteroatoms. The van der Waals surface area contributed by atoms with Gasteiger partial charge in [0, 0.05) is 26.0 Å². The minimum absolute atomic E-state index is 0.115. The van der Waals surface area contributed by atoms with Gasteiger partial charge in [-0.15, -0.1) is 0 Å². The summed E-state index contributed by atoms with van der Waals surface area (Å²) < 4.78 is 0. The summed E-state index contributed by atoms with van der Waals surface area (Å²) in [6, 6.07) is 0. The minimum Gasteiger partial charge on any atom is -0.337 e. The summed E-state index contributed by atoms with van der Waals surface area (Å²) in [5.41, 5.74) is 1.20. The van der Waals surface area contributed by atoms with E-state index in [0.29, 0.717) is 18.4 Å². The second kappa shape index (κ2) is 6.10. The Balaban J connectivity index is 2.03. The first kappa shape index (κ1) is 13.9. The highest BCUT2D eigenvalue weighted by atomic mass is 16.1. The van der Waals surface area contributed by atoms with E-state index >= 15 is 0 Å². The van der Waals surface area contributed by atoms with Crippen molar-refractivity contribution in [3.63, 3.8) is 0 Å². The first-order chi connectivity index (χ1) is 9.06. The van der Waals surface area contributed by atoms with E-state index in [4.69, 9.17) is 0 Å². The zero-order valence-corrected chi connectivity index (χ0v) is 12.0. The zero-order valence-electron chi connectivity index (χ0n) is 12.0. The summed E-state index contributed by atoms with van der Waals surface area (Å²) in [7, 11) is 3.99. The molecule has 2 rings (SSSR count). The molecule has 1 atom stereocenters. The molecule has 1 aliphatic heterocycles. The van der Waals surface area contributed by atoms with Crippen LogP contribution in [0.4, 0.5) is 5.95 Å². The molecule has 1 fully saturated rings. The van der Waals surface area contributed by atoms with Crippen molar-refractivity contribution in [2.45, 2.75) is 25.7 Å². The van der Waals surface area contributed by atoms with Crippen molar-refractivity contribution < 1.29 is 4.79 Å². The van der Waals surface area contributed by atoms with Gasteiger partial charge in [0.25, 0.3) is 0 Å². The SMILES string of the molecule is CC(=O)CN(C)c1ncc(C2CCCN(C)C2)cn1. The van der Waals surface area contributed by atoms with Crippen LogP contribution in [-0.4, -0.2) is 54.4 Å². The number of hydrogen-bond donors (Lipinski definition) is 0. The lowest BCUT2D eigenvalue weighted by atomic mass is 9.93. The molecule has 1 unspecified atom stereocenters. The molecule has 2 heterocycles. The number of aromatic nitrogens is 2. The third kappa shape index (κ3) is 3.73. The van der Waals surface area contributed by atoms with Gasteiger partial charge in [-0.2, -0.15) is 0 Å². The number of likely N-dealkylation sites (tertiary alicyclic amines) is 1. The van der Waals surface area contributed by atoms with Crippen molar-refractivity contribution in [1.29, 1.82) is 0 Å². The van der Waals surface area contributed by atoms with E-state index < -0.39 is 0 Å². The van der Waals surface area contributed by atoms with Crippen LogP contribution in [0.2, 0.25) is 0 Å². The van der Waals surface area contributed by atoms with E-state index in [2.05, 4.69) is 21.9 Å². The number of likely N-dealkylation sites (N-methyl/N-ethyl adjacent to an activating group) is 2. The fraction of sp³-hybridized carbons (Fsp3) is 0.643. The molecule has 0 aromatic carbocycles. The molecule has 1 aliphatic rings. The van der Waals surface area contributed by atoms with Crippen molar-refractivity contribution >= 4 is 11.7 Å². The normalized spacial score (nSPS) is 20.3. The van der Waals surface area contributed by atoms with E-state index in [1.54, 1.807) is 11.8 Å².